The molecule has 0 spiro atoms. The Balaban J connectivity index is 3.01. The van der Waals surface area contributed by atoms with Crippen molar-refractivity contribution >= 4 is 11.7 Å². The Morgan fingerprint density at radius 1 is 1.38 bits per heavy atom. The highest BCUT2D eigenvalue weighted by Gasteiger charge is 2.25. The molecule has 0 radical (unpaired) electrons. The molecule has 1 rings (SSSR count). The highest BCUT2D eigenvalue weighted by molar-refractivity contribution is 5.75. The third kappa shape index (κ3) is 4.62. The number of nitro groups is 1. The van der Waals surface area contributed by atoms with Crippen molar-refractivity contribution in [1.82, 2.24) is 0 Å². The fraction of sp³-hybridized carbons (Fsp3) is 0.500. The summed E-state index contributed by atoms with van der Waals surface area (Å²) < 4.78 is 15.1. The maximum Gasteiger partial charge on any atom is 0.347 e. The molecule has 0 aliphatic heterocycles. The second-order valence-electron chi connectivity index (χ2n) is 4.36. The molecule has 0 amide bonds. The summed E-state index contributed by atoms with van der Waals surface area (Å²) in [7, 11) is 2.67. The Labute approximate surface area is 123 Å². The van der Waals surface area contributed by atoms with Crippen LogP contribution in [0.2, 0.25) is 0 Å². The molecule has 0 saturated carbocycles. The predicted molar refractivity (Wildman–Crippen MR) is 75.6 cm³/mol. The van der Waals surface area contributed by atoms with Gasteiger partial charge in [0.1, 0.15) is 5.75 Å². The van der Waals surface area contributed by atoms with Crippen molar-refractivity contribution in [1.29, 1.82) is 0 Å². The lowest BCUT2D eigenvalue weighted by atomic mass is 10.1. The highest BCUT2D eigenvalue weighted by Crippen LogP contribution is 2.32. The Hall–Kier alpha value is -2.31. The van der Waals surface area contributed by atoms with Gasteiger partial charge in [-0.2, -0.15) is 0 Å². The molecule has 0 aliphatic rings. The van der Waals surface area contributed by atoms with E-state index in [-0.39, 0.29) is 11.4 Å². The summed E-state index contributed by atoms with van der Waals surface area (Å²) in [6.45, 7) is 1.98. The molecular weight excluding hydrogens is 278 g/mol. The number of nitrogens with zero attached hydrogens (tertiary/aromatic N) is 1. The van der Waals surface area contributed by atoms with Gasteiger partial charge in [-0.05, 0) is 25.0 Å². The molecule has 0 saturated heterocycles. The summed E-state index contributed by atoms with van der Waals surface area (Å²) in [6, 6.07) is 4.21. The number of unbranched alkanes of at least 4 members (excludes halogenated alkanes) is 1. The topological polar surface area (TPSA) is 87.9 Å². The average Bonchev–Trinajstić information content (AvgIpc) is 2.50. The van der Waals surface area contributed by atoms with E-state index in [9.17, 15) is 14.9 Å². The van der Waals surface area contributed by atoms with E-state index in [1.807, 2.05) is 6.92 Å². The van der Waals surface area contributed by atoms with Gasteiger partial charge in [-0.15, -0.1) is 0 Å². The second kappa shape index (κ2) is 8.08. The third-order valence-corrected chi connectivity index (χ3v) is 2.92. The number of hydrogen-bond acceptors (Lipinski definition) is 6. The van der Waals surface area contributed by atoms with Crippen molar-refractivity contribution in [3.8, 4) is 11.5 Å². The van der Waals surface area contributed by atoms with E-state index in [0.717, 1.165) is 12.8 Å². The van der Waals surface area contributed by atoms with Gasteiger partial charge in [0, 0.05) is 0 Å². The predicted octanol–water partition coefficient (Wildman–Crippen LogP) is 2.71. The molecule has 0 bridgehead atoms. The molecule has 7 nitrogen and oxygen atoms in total. The van der Waals surface area contributed by atoms with E-state index in [1.54, 1.807) is 0 Å². The van der Waals surface area contributed by atoms with E-state index in [1.165, 1.54) is 32.4 Å². The Morgan fingerprint density at radius 2 is 2.10 bits per heavy atom. The molecular formula is C14H19NO6. The van der Waals surface area contributed by atoms with Gasteiger partial charge >= 0.3 is 11.7 Å². The molecule has 116 valence electrons. The van der Waals surface area contributed by atoms with Gasteiger partial charge in [0.25, 0.3) is 0 Å². The lowest BCUT2D eigenvalue weighted by Crippen LogP contribution is -2.28. The van der Waals surface area contributed by atoms with E-state index in [2.05, 4.69) is 4.74 Å². The van der Waals surface area contributed by atoms with Crippen LogP contribution in [0.25, 0.3) is 0 Å². The number of benzene rings is 1. The van der Waals surface area contributed by atoms with Crippen LogP contribution in [-0.4, -0.2) is 31.2 Å². The van der Waals surface area contributed by atoms with Crippen LogP contribution in [0.3, 0.4) is 0 Å². The van der Waals surface area contributed by atoms with Crippen molar-refractivity contribution in [3.05, 3.63) is 28.3 Å². The van der Waals surface area contributed by atoms with E-state index in [0.29, 0.717) is 12.2 Å². The number of rotatable bonds is 8. The Bertz CT molecular complexity index is 502. The first-order valence-corrected chi connectivity index (χ1v) is 6.60. The number of nitro benzene ring substituents is 1. The standard InChI is InChI=1S/C14H19NO6/c1-4-5-6-13(14(16)20-3)21-12-8-7-10(19-2)9-11(12)15(17)18/h7-9,13H,4-6H2,1-3H3. The van der Waals surface area contributed by atoms with Gasteiger partial charge in [-0.3, -0.25) is 10.1 Å². The number of ether oxygens (including phenoxy) is 3. The highest BCUT2D eigenvalue weighted by atomic mass is 16.6. The fourth-order valence-electron chi connectivity index (χ4n) is 1.77. The first-order valence-electron chi connectivity index (χ1n) is 6.60. The van der Waals surface area contributed by atoms with Crippen molar-refractivity contribution in [2.75, 3.05) is 14.2 Å². The second-order valence-corrected chi connectivity index (χ2v) is 4.36. The largest absolute Gasteiger partial charge is 0.496 e. The number of hydrogen-bond donors (Lipinski definition) is 0. The van der Waals surface area contributed by atoms with Crippen molar-refractivity contribution < 1.29 is 23.9 Å². The van der Waals surface area contributed by atoms with Crippen molar-refractivity contribution in [3.63, 3.8) is 0 Å². The van der Waals surface area contributed by atoms with Gasteiger partial charge in [0.05, 0.1) is 25.2 Å². The summed E-state index contributed by atoms with van der Waals surface area (Å²) >= 11 is 0. The van der Waals surface area contributed by atoms with E-state index < -0.39 is 17.0 Å². The molecule has 0 aromatic heterocycles. The van der Waals surface area contributed by atoms with Crippen LogP contribution in [0.1, 0.15) is 26.2 Å². The minimum Gasteiger partial charge on any atom is -0.496 e. The lowest BCUT2D eigenvalue weighted by molar-refractivity contribution is -0.386. The molecule has 1 aromatic rings. The normalized spacial score (nSPS) is 11.6. The zero-order valence-electron chi connectivity index (χ0n) is 12.3. The maximum atomic E-state index is 11.7. The van der Waals surface area contributed by atoms with Gasteiger partial charge in [0.15, 0.2) is 11.9 Å². The summed E-state index contributed by atoms with van der Waals surface area (Å²) in [5.74, 6) is -0.182. The van der Waals surface area contributed by atoms with Crippen molar-refractivity contribution in [2.24, 2.45) is 0 Å². The first-order chi connectivity index (χ1) is 10.0. The summed E-state index contributed by atoms with van der Waals surface area (Å²) in [5.41, 5.74) is -0.250. The van der Waals surface area contributed by atoms with Gasteiger partial charge in [0.2, 0.25) is 0 Å². The molecule has 1 unspecified atom stereocenters. The first kappa shape index (κ1) is 16.7. The maximum absolute atomic E-state index is 11.7. The van der Waals surface area contributed by atoms with Gasteiger partial charge < -0.3 is 14.2 Å². The quantitative estimate of drug-likeness (QED) is 0.416. The van der Waals surface area contributed by atoms with Crippen molar-refractivity contribution in [2.45, 2.75) is 32.3 Å². The average molecular weight is 297 g/mol. The number of carbonyl (C=O) groups is 1. The third-order valence-electron chi connectivity index (χ3n) is 2.92. The van der Waals surface area contributed by atoms with Gasteiger partial charge in [-0.1, -0.05) is 13.3 Å². The van der Waals surface area contributed by atoms with Crippen LogP contribution in [0.5, 0.6) is 11.5 Å². The fourth-order valence-corrected chi connectivity index (χ4v) is 1.77. The minimum atomic E-state index is -0.859. The molecule has 0 heterocycles. The molecule has 0 aliphatic carbocycles. The van der Waals surface area contributed by atoms with E-state index in [4.69, 9.17) is 9.47 Å². The number of carbonyl (C=O) groups excluding carboxylic acids is 1. The monoisotopic (exact) mass is 297 g/mol. The summed E-state index contributed by atoms with van der Waals surface area (Å²) in [6.07, 6.45) is 1.21. The SMILES string of the molecule is CCCCC(Oc1ccc(OC)cc1[N+](=O)[O-])C(=O)OC. The zero-order chi connectivity index (χ0) is 15.8. The number of methoxy groups -OCH3 is 2. The smallest absolute Gasteiger partial charge is 0.347 e. The molecule has 1 aromatic carbocycles. The van der Waals surface area contributed by atoms with Crippen LogP contribution in [0.4, 0.5) is 5.69 Å². The molecule has 7 heteroatoms. The molecule has 1 atom stereocenters. The van der Waals surface area contributed by atoms with Crippen LogP contribution >= 0.6 is 0 Å². The van der Waals surface area contributed by atoms with Crippen LogP contribution < -0.4 is 9.47 Å². The van der Waals surface area contributed by atoms with Gasteiger partial charge in [-0.25, -0.2) is 4.79 Å². The Kier molecular flexibility index (Phi) is 6.45. The summed E-state index contributed by atoms with van der Waals surface area (Å²) in [5, 5.41) is 11.1. The molecule has 0 fully saturated rings. The van der Waals surface area contributed by atoms with Crippen LogP contribution in [-0.2, 0) is 9.53 Å². The minimum absolute atomic E-state index is 0.0207. The Morgan fingerprint density at radius 3 is 2.62 bits per heavy atom. The zero-order valence-corrected chi connectivity index (χ0v) is 12.3. The lowest BCUT2D eigenvalue weighted by Gasteiger charge is -2.16. The summed E-state index contributed by atoms with van der Waals surface area (Å²) in [4.78, 5) is 22.2. The van der Waals surface area contributed by atoms with E-state index >= 15 is 0 Å². The molecule has 21 heavy (non-hydrogen) atoms. The van der Waals surface area contributed by atoms with Crippen LogP contribution in [0, 0.1) is 10.1 Å². The molecule has 0 N–H and O–H groups in total. The van der Waals surface area contributed by atoms with Crippen LogP contribution in [0.15, 0.2) is 18.2 Å². The number of esters is 1.